The number of rotatable bonds is 4. The van der Waals surface area contributed by atoms with Crippen molar-refractivity contribution in [3.63, 3.8) is 0 Å². The maximum Gasteiger partial charge on any atom is 0.264 e. The Labute approximate surface area is 177 Å². The normalized spacial score (nSPS) is 15.7. The summed E-state index contributed by atoms with van der Waals surface area (Å²) in [6, 6.07) is 21.4. The molecule has 5 nitrogen and oxygen atoms in total. The van der Waals surface area contributed by atoms with E-state index in [1.807, 2.05) is 38.1 Å². The van der Waals surface area contributed by atoms with Crippen molar-refractivity contribution < 1.29 is 13.2 Å². The molecule has 3 aromatic rings. The number of aryl methyl sites for hydroxylation is 1. The lowest BCUT2D eigenvalue weighted by Crippen LogP contribution is -2.37. The van der Waals surface area contributed by atoms with E-state index < -0.39 is 10.0 Å². The van der Waals surface area contributed by atoms with Crippen molar-refractivity contribution in [2.24, 2.45) is 0 Å². The number of nitrogens with zero attached hydrogens (tertiary/aromatic N) is 2. The number of hydrogen-bond acceptors (Lipinski definition) is 3. The van der Waals surface area contributed by atoms with Gasteiger partial charge < -0.3 is 4.90 Å². The SMILES string of the molecule is Cc1ccc(S(=O)(=O)N(C)c2ccccc2C(=O)N2c3ccccc3C[C@H]2C)cc1. The summed E-state index contributed by atoms with van der Waals surface area (Å²) in [5, 5.41) is 0. The maximum atomic E-state index is 13.6. The predicted molar refractivity (Wildman–Crippen MR) is 120 cm³/mol. The van der Waals surface area contributed by atoms with Gasteiger partial charge in [0.2, 0.25) is 0 Å². The molecule has 0 saturated carbocycles. The van der Waals surface area contributed by atoms with Crippen molar-refractivity contribution in [2.45, 2.75) is 31.2 Å². The summed E-state index contributed by atoms with van der Waals surface area (Å²) in [6.45, 7) is 3.91. The predicted octanol–water partition coefficient (Wildman–Crippen LogP) is 4.41. The lowest BCUT2D eigenvalue weighted by molar-refractivity contribution is 0.0982. The molecule has 0 aliphatic carbocycles. The van der Waals surface area contributed by atoms with Crippen LogP contribution in [-0.4, -0.2) is 27.4 Å². The fourth-order valence-electron chi connectivity index (χ4n) is 3.93. The van der Waals surface area contributed by atoms with Gasteiger partial charge in [-0.15, -0.1) is 0 Å². The topological polar surface area (TPSA) is 57.7 Å². The number of sulfonamides is 1. The highest BCUT2D eigenvalue weighted by atomic mass is 32.2. The Bertz CT molecular complexity index is 1200. The Morgan fingerprint density at radius 1 is 0.967 bits per heavy atom. The molecule has 0 radical (unpaired) electrons. The summed E-state index contributed by atoms with van der Waals surface area (Å²) in [5.41, 5.74) is 3.71. The average molecular weight is 421 g/mol. The van der Waals surface area contributed by atoms with E-state index in [2.05, 4.69) is 0 Å². The molecule has 6 heteroatoms. The van der Waals surface area contributed by atoms with Crippen LogP contribution in [0.2, 0.25) is 0 Å². The van der Waals surface area contributed by atoms with Crippen LogP contribution in [0.25, 0.3) is 0 Å². The molecule has 1 aliphatic rings. The van der Waals surface area contributed by atoms with Crippen LogP contribution >= 0.6 is 0 Å². The fraction of sp³-hybridized carbons (Fsp3) is 0.208. The van der Waals surface area contributed by atoms with Crippen LogP contribution in [0.4, 0.5) is 11.4 Å². The number of hydrogen-bond donors (Lipinski definition) is 0. The molecule has 1 amide bonds. The van der Waals surface area contributed by atoms with Crippen LogP contribution in [0.3, 0.4) is 0 Å². The lowest BCUT2D eigenvalue weighted by Gasteiger charge is -2.27. The Balaban J connectivity index is 1.74. The van der Waals surface area contributed by atoms with Gasteiger partial charge in [-0.25, -0.2) is 8.42 Å². The Kier molecular flexibility index (Phi) is 5.12. The molecule has 0 spiro atoms. The molecule has 154 valence electrons. The molecule has 0 saturated heterocycles. The van der Waals surface area contributed by atoms with Crippen molar-refractivity contribution in [1.82, 2.24) is 0 Å². The number of anilines is 2. The first-order valence-corrected chi connectivity index (χ1v) is 11.3. The summed E-state index contributed by atoms with van der Waals surface area (Å²) in [4.78, 5) is 15.5. The monoisotopic (exact) mass is 420 g/mol. The van der Waals surface area contributed by atoms with E-state index >= 15 is 0 Å². The van der Waals surface area contributed by atoms with Gasteiger partial charge >= 0.3 is 0 Å². The Morgan fingerprint density at radius 2 is 1.60 bits per heavy atom. The van der Waals surface area contributed by atoms with E-state index in [1.165, 1.54) is 11.4 Å². The van der Waals surface area contributed by atoms with E-state index in [4.69, 9.17) is 0 Å². The smallest absolute Gasteiger partial charge is 0.264 e. The van der Waals surface area contributed by atoms with Gasteiger partial charge in [0.15, 0.2) is 0 Å². The van der Waals surface area contributed by atoms with Crippen LogP contribution in [0.15, 0.2) is 77.7 Å². The molecule has 1 heterocycles. The van der Waals surface area contributed by atoms with Gasteiger partial charge in [0.1, 0.15) is 0 Å². The molecule has 1 atom stereocenters. The average Bonchev–Trinajstić information content (AvgIpc) is 3.08. The Morgan fingerprint density at radius 3 is 2.33 bits per heavy atom. The van der Waals surface area contributed by atoms with Crippen molar-refractivity contribution >= 4 is 27.3 Å². The third kappa shape index (κ3) is 3.37. The minimum absolute atomic E-state index is 0.00182. The van der Waals surface area contributed by atoms with Gasteiger partial charge in [-0.3, -0.25) is 9.10 Å². The summed E-state index contributed by atoms with van der Waals surface area (Å²) in [5.74, 6) is -0.200. The van der Waals surface area contributed by atoms with Gasteiger partial charge in [-0.05, 0) is 56.2 Å². The number of amides is 1. The molecule has 0 aromatic heterocycles. The van der Waals surface area contributed by atoms with E-state index in [0.29, 0.717) is 11.3 Å². The minimum Gasteiger partial charge on any atom is -0.305 e. The van der Waals surface area contributed by atoms with E-state index in [0.717, 1.165) is 23.2 Å². The second-order valence-electron chi connectivity index (χ2n) is 7.66. The molecule has 0 fully saturated rings. The molecular formula is C24H24N2O3S. The quantitative estimate of drug-likeness (QED) is 0.628. The lowest BCUT2D eigenvalue weighted by atomic mass is 10.1. The summed E-state index contributed by atoms with van der Waals surface area (Å²) < 4.78 is 27.6. The number of benzene rings is 3. The van der Waals surface area contributed by atoms with Gasteiger partial charge in [-0.2, -0.15) is 0 Å². The fourth-order valence-corrected chi connectivity index (χ4v) is 5.15. The zero-order chi connectivity index (χ0) is 21.5. The van der Waals surface area contributed by atoms with Crippen LogP contribution < -0.4 is 9.21 Å². The van der Waals surface area contributed by atoms with Crippen LogP contribution in [0.5, 0.6) is 0 Å². The van der Waals surface area contributed by atoms with Gasteiger partial charge in [0.25, 0.3) is 15.9 Å². The third-order valence-electron chi connectivity index (χ3n) is 5.58. The first-order valence-electron chi connectivity index (χ1n) is 9.87. The summed E-state index contributed by atoms with van der Waals surface area (Å²) >= 11 is 0. The van der Waals surface area contributed by atoms with E-state index in [-0.39, 0.29) is 16.8 Å². The second kappa shape index (κ2) is 7.61. The first-order chi connectivity index (χ1) is 14.3. The third-order valence-corrected chi connectivity index (χ3v) is 7.36. The molecule has 1 aliphatic heterocycles. The molecular weight excluding hydrogens is 396 g/mol. The highest BCUT2D eigenvalue weighted by molar-refractivity contribution is 7.92. The van der Waals surface area contributed by atoms with Crippen molar-refractivity contribution in [3.8, 4) is 0 Å². The summed E-state index contributed by atoms with van der Waals surface area (Å²) in [6.07, 6.45) is 0.779. The highest BCUT2D eigenvalue weighted by Crippen LogP contribution is 2.35. The maximum absolute atomic E-state index is 13.6. The van der Waals surface area contributed by atoms with Crippen LogP contribution in [-0.2, 0) is 16.4 Å². The molecule has 0 unspecified atom stereocenters. The molecule has 0 N–H and O–H groups in total. The molecule has 3 aromatic carbocycles. The highest BCUT2D eigenvalue weighted by Gasteiger charge is 2.33. The van der Waals surface area contributed by atoms with Gasteiger partial charge in [-0.1, -0.05) is 48.0 Å². The molecule has 0 bridgehead atoms. The zero-order valence-corrected chi connectivity index (χ0v) is 18.1. The second-order valence-corrected chi connectivity index (χ2v) is 9.63. The standard InChI is InChI=1S/C24H24N2O3S/c1-17-12-14-20(15-13-17)30(28,29)25(3)23-11-7-5-9-21(23)24(27)26-18(2)16-19-8-4-6-10-22(19)26/h4-15,18H,16H2,1-3H3/t18-/m1/s1. The number of carbonyl (C=O) groups is 1. The molecule has 4 rings (SSSR count). The van der Waals surface area contributed by atoms with Crippen molar-refractivity contribution in [2.75, 3.05) is 16.3 Å². The number of para-hydroxylation sites is 2. The van der Waals surface area contributed by atoms with Gasteiger partial charge in [0, 0.05) is 18.8 Å². The van der Waals surface area contributed by atoms with Crippen LogP contribution in [0.1, 0.15) is 28.4 Å². The number of fused-ring (bicyclic) bond motifs is 1. The minimum atomic E-state index is -3.80. The van der Waals surface area contributed by atoms with E-state index in [9.17, 15) is 13.2 Å². The van der Waals surface area contributed by atoms with Gasteiger partial charge in [0.05, 0.1) is 16.1 Å². The molecule has 30 heavy (non-hydrogen) atoms. The van der Waals surface area contributed by atoms with Crippen LogP contribution in [0, 0.1) is 6.92 Å². The summed E-state index contributed by atoms with van der Waals surface area (Å²) in [7, 11) is -2.31. The van der Waals surface area contributed by atoms with Crippen molar-refractivity contribution in [1.29, 1.82) is 0 Å². The first kappa shape index (κ1) is 20.2. The zero-order valence-electron chi connectivity index (χ0n) is 17.2. The van der Waals surface area contributed by atoms with E-state index in [1.54, 1.807) is 53.4 Å². The van der Waals surface area contributed by atoms with Crippen molar-refractivity contribution in [3.05, 3.63) is 89.5 Å². The Hall–Kier alpha value is -3.12. The number of carbonyl (C=O) groups excluding carboxylic acids is 1. The largest absolute Gasteiger partial charge is 0.305 e.